The number of thiocarbonyl (C=S) groups is 1. The standard InChI is InChI=1S/C13H17F2N3OS2/c1-8(2)17-11(19)7-16-13(20)18-9-3-5-10(6-4-9)21-12(14)15/h3-6,8,12H,7H2,1-2H3,(H,17,19)(H2,16,18,20). The highest BCUT2D eigenvalue weighted by Gasteiger charge is 2.06. The van der Waals surface area contributed by atoms with Crippen LogP contribution in [0.4, 0.5) is 14.5 Å². The average molecular weight is 333 g/mol. The van der Waals surface area contributed by atoms with Crippen LogP contribution >= 0.6 is 24.0 Å². The number of alkyl halides is 2. The largest absolute Gasteiger partial charge is 0.353 e. The van der Waals surface area contributed by atoms with Crippen LogP contribution in [0.1, 0.15) is 13.8 Å². The average Bonchev–Trinajstić information content (AvgIpc) is 2.37. The maximum Gasteiger partial charge on any atom is 0.288 e. The molecular weight excluding hydrogens is 316 g/mol. The van der Waals surface area contributed by atoms with E-state index in [0.29, 0.717) is 27.5 Å². The summed E-state index contributed by atoms with van der Waals surface area (Å²) in [5.41, 5.74) is 0.662. The van der Waals surface area contributed by atoms with Crippen LogP contribution in [0.5, 0.6) is 0 Å². The zero-order chi connectivity index (χ0) is 15.8. The SMILES string of the molecule is CC(C)NC(=O)CNC(=S)Nc1ccc(SC(F)F)cc1. The van der Waals surface area contributed by atoms with E-state index in [-0.39, 0.29) is 18.5 Å². The maximum absolute atomic E-state index is 12.2. The molecule has 1 amide bonds. The molecule has 116 valence electrons. The minimum atomic E-state index is -2.44. The van der Waals surface area contributed by atoms with Crippen LogP contribution in [-0.2, 0) is 4.79 Å². The van der Waals surface area contributed by atoms with Crippen molar-refractivity contribution in [3.63, 3.8) is 0 Å². The van der Waals surface area contributed by atoms with E-state index in [9.17, 15) is 13.6 Å². The van der Waals surface area contributed by atoms with Gasteiger partial charge in [-0.1, -0.05) is 11.8 Å². The first-order valence-corrected chi connectivity index (χ1v) is 7.54. The van der Waals surface area contributed by atoms with E-state index < -0.39 is 5.76 Å². The number of anilines is 1. The maximum atomic E-state index is 12.2. The van der Waals surface area contributed by atoms with Gasteiger partial charge in [-0.3, -0.25) is 4.79 Å². The Labute approximate surface area is 132 Å². The minimum Gasteiger partial charge on any atom is -0.353 e. The molecule has 0 bridgehead atoms. The summed E-state index contributed by atoms with van der Waals surface area (Å²) < 4.78 is 24.4. The van der Waals surface area contributed by atoms with Crippen molar-refractivity contribution in [2.45, 2.75) is 30.5 Å². The predicted molar refractivity (Wildman–Crippen MR) is 85.8 cm³/mol. The molecule has 0 fully saturated rings. The van der Waals surface area contributed by atoms with E-state index >= 15 is 0 Å². The molecule has 0 aromatic heterocycles. The van der Waals surface area contributed by atoms with Crippen LogP contribution in [0, 0.1) is 0 Å². The van der Waals surface area contributed by atoms with Gasteiger partial charge in [0.05, 0.1) is 6.54 Å². The first kappa shape index (κ1) is 17.6. The summed E-state index contributed by atoms with van der Waals surface area (Å²) in [4.78, 5) is 11.9. The molecule has 1 aromatic rings. The van der Waals surface area contributed by atoms with E-state index in [4.69, 9.17) is 12.2 Å². The lowest BCUT2D eigenvalue weighted by Gasteiger charge is -2.12. The van der Waals surface area contributed by atoms with Gasteiger partial charge in [0.2, 0.25) is 5.91 Å². The molecular formula is C13H17F2N3OS2. The van der Waals surface area contributed by atoms with Crippen molar-refractivity contribution in [1.29, 1.82) is 0 Å². The molecule has 4 nitrogen and oxygen atoms in total. The molecule has 8 heteroatoms. The van der Waals surface area contributed by atoms with Crippen molar-refractivity contribution >= 4 is 40.7 Å². The van der Waals surface area contributed by atoms with Crippen molar-refractivity contribution < 1.29 is 13.6 Å². The number of nitrogens with one attached hydrogen (secondary N) is 3. The number of carbonyl (C=O) groups excluding carboxylic acids is 1. The number of rotatable bonds is 6. The fourth-order valence-electron chi connectivity index (χ4n) is 1.43. The fraction of sp³-hybridized carbons (Fsp3) is 0.385. The summed E-state index contributed by atoms with van der Waals surface area (Å²) in [7, 11) is 0. The van der Waals surface area contributed by atoms with E-state index in [0.717, 1.165) is 0 Å². The van der Waals surface area contributed by atoms with Crippen LogP contribution in [0.15, 0.2) is 29.2 Å². The first-order chi connectivity index (χ1) is 9.86. The van der Waals surface area contributed by atoms with Crippen molar-refractivity contribution in [3.05, 3.63) is 24.3 Å². The molecule has 0 atom stereocenters. The molecule has 1 aromatic carbocycles. The summed E-state index contributed by atoms with van der Waals surface area (Å²) in [5, 5.41) is 8.66. The highest BCUT2D eigenvalue weighted by Crippen LogP contribution is 2.26. The minimum absolute atomic E-state index is 0.0701. The highest BCUT2D eigenvalue weighted by molar-refractivity contribution is 7.99. The zero-order valence-corrected chi connectivity index (χ0v) is 13.3. The van der Waals surface area contributed by atoms with Gasteiger partial charge < -0.3 is 16.0 Å². The first-order valence-electron chi connectivity index (χ1n) is 6.26. The predicted octanol–water partition coefficient (Wildman–Crippen LogP) is 2.81. The number of halogens is 2. The van der Waals surface area contributed by atoms with Gasteiger partial charge in [0.15, 0.2) is 5.11 Å². The topological polar surface area (TPSA) is 53.2 Å². The highest BCUT2D eigenvalue weighted by atomic mass is 32.2. The molecule has 0 radical (unpaired) electrons. The van der Waals surface area contributed by atoms with Gasteiger partial charge in [-0.05, 0) is 50.3 Å². The number of amides is 1. The van der Waals surface area contributed by atoms with Crippen LogP contribution in [-0.4, -0.2) is 29.4 Å². The normalized spacial score (nSPS) is 10.6. The van der Waals surface area contributed by atoms with Gasteiger partial charge in [0.1, 0.15) is 0 Å². The van der Waals surface area contributed by atoms with E-state index in [1.807, 2.05) is 13.8 Å². The van der Waals surface area contributed by atoms with Crippen molar-refractivity contribution in [2.75, 3.05) is 11.9 Å². The molecule has 0 saturated carbocycles. The Bertz CT molecular complexity index is 481. The Balaban J connectivity index is 2.39. The van der Waals surface area contributed by atoms with Crippen LogP contribution in [0.2, 0.25) is 0 Å². The second kappa shape index (κ2) is 8.78. The summed E-state index contributed by atoms with van der Waals surface area (Å²) in [6.07, 6.45) is 0. The Morgan fingerprint density at radius 3 is 2.43 bits per heavy atom. The van der Waals surface area contributed by atoms with E-state index in [2.05, 4.69) is 16.0 Å². The van der Waals surface area contributed by atoms with Gasteiger partial charge >= 0.3 is 0 Å². The van der Waals surface area contributed by atoms with Gasteiger partial charge in [0, 0.05) is 16.6 Å². The second-order valence-electron chi connectivity index (χ2n) is 4.43. The molecule has 0 saturated heterocycles. The molecule has 0 aliphatic rings. The summed E-state index contributed by atoms with van der Waals surface area (Å²) >= 11 is 5.53. The Morgan fingerprint density at radius 1 is 1.29 bits per heavy atom. The van der Waals surface area contributed by atoms with Crippen molar-refractivity contribution in [1.82, 2.24) is 10.6 Å². The molecule has 0 heterocycles. The third kappa shape index (κ3) is 7.81. The molecule has 0 aliphatic heterocycles. The lowest BCUT2D eigenvalue weighted by atomic mass is 10.3. The monoisotopic (exact) mass is 333 g/mol. The van der Waals surface area contributed by atoms with E-state index in [1.165, 1.54) is 0 Å². The number of benzene rings is 1. The van der Waals surface area contributed by atoms with E-state index in [1.54, 1.807) is 24.3 Å². The summed E-state index contributed by atoms with van der Waals surface area (Å²) in [6.45, 7) is 3.81. The van der Waals surface area contributed by atoms with Crippen LogP contribution < -0.4 is 16.0 Å². The number of hydrogen-bond acceptors (Lipinski definition) is 3. The Kier molecular flexibility index (Phi) is 7.38. The quantitative estimate of drug-likeness (QED) is 0.552. The fourth-order valence-corrected chi connectivity index (χ4v) is 2.12. The van der Waals surface area contributed by atoms with Gasteiger partial charge in [-0.2, -0.15) is 8.78 Å². The van der Waals surface area contributed by atoms with Crippen molar-refractivity contribution in [3.8, 4) is 0 Å². The third-order valence-electron chi connectivity index (χ3n) is 2.20. The second-order valence-corrected chi connectivity index (χ2v) is 5.90. The number of carbonyl (C=O) groups is 1. The zero-order valence-electron chi connectivity index (χ0n) is 11.7. The molecule has 1 rings (SSSR count). The summed E-state index contributed by atoms with van der Waals surface area (Å²) in [5.74, 6) is -2.59. The number of thioether (sulfide) groups is 1. The smallest absolute Gasteiger partial charge is 0.288 e. The van der Waals surface area contributed by atoms with Gasteiger partial charge in [-0.25, -0.2) is 0 Å². The molecule has 0 aliphatic carbocycles. The van der Waals surface area contributed by atoms with Gasteiger partial charge in [0.25, 0.3) is 5.76 Å². The Hall–Kier alpha value is -1.41. The molecule has 3 N–H and O–H groups in total. The Morgan fingerprint density at radius 2 is 1.90 bits per heavy atom. The molecule has 0 spiro atoms. The van der Waals surface area contributed by atoms with Crippen LogP contribution in [0.25, 0.3) is 0 Å². The van der Waals surface area contributed by atoms with Crippen LogP contribution in [0.3, 0.4) is 0 Å². The van der Waals surface area contributed by atoms with Gasteiger partial charge in [-0.15, -0.1) is 0 Å². The molecule has 21 heavy (non-hydrogen) atoms. The lowest BCUT2D eigenvalue weighted by molar-refractivity contribution is -0.120. The lowest BCUT2D eigenvalue weighted by Crippen LogP contribution is -2.41. The number of hydrogen-bond donors (Lipinski definition) is 3. The third-order valence-corrected chi connectivity index (χ3v) is 3.17. The summed E-state index contributed by atoms with van der Waals surface area (Å²) in [6, 6.07) is 6.51. The van der Waals surface area contributed by atoms with Crippen molar-refractivity contribution in [2.24, 2.45) is 0 Å². The molecule has 0 unspecified atom stereocenters.